The predicted octanol–water partition coefficient (Wildman–Crippen LogP) is 0.886. The van der Waals surface area contributed by atoms with Gasteiger partial charge in [-0.3, -0.25) is 0 Å². The molecule has 1 nitrogen and oxygen atoms in total. The molecule has 1 unspecified atom stereocenters. The second kappa shape index (κ2) is 5.57. The first kappa shape index (κ1) is 17.4. The van der Waals surface area contributed by atoms with E-state index in [1.54, 1.807) is 26.0 Å². The molecule has 104 valence electrons. The maximum atomic E-state index is 13.5. The fourth-order valence-corrected chi connectivity index (χ4v) is 2.85. The van der Waals surface area contributed by atoms with Crippen LogP contribution in [0, 0.1) is 19.9 Å². The van der Waals surface area contributed by atoms with Crippen LogP contribution in [-0.4, -0.2) is 11.3 Å². The Balaban J connectivity index is 0.00000161. The van der Waals surface area contributed by atoms with Gasteiger partial charge in [0.05, 0.1) is 0 Å². The molecule has 0 saturated heterocycles. The van der Waals surface area contributed by atoms with Crippen LogP contribution in [0.5, 0.6) is 0 Å². The third kappa shape index (κ3) is 2.31. The number of rotatable bonds is 0. The SMILES string of the molecule is Cc1[c-]cc2c(c1C)-c1ccccc1C2(O)C(F)(F)F.[Rb+]. The molecule has 0 saturated carbocycles. The average molecular weight is 363 g/mol. The van der Waals surface area contributed by atoms with E-state index in [9.17, 15) is 18.3 Å². The van der Waals surface area contributed by atoms with Gasteiger partial charge in [0, 0.05) is 0 Å². The van der Waals surface area contributed by atoms with Crippen LogP contribution in [0.25, 0.3) is 11.1 Å². The first-order chi connectivity index (χ1) is 9.28. The van der Waals surface area contributed by atoms with E-state index in [0.717, 1.165) is 11.1 Å². The normalized spacial score (nSPS) is 19.7. The second-order valence-electron chi connectivity index (χ2n) is 5.08. The number of benzene rings is 2. The van der Waals surface area contributed by atoms with Crippen molar-refractivity contribution in [2.45, 2.75) is 25.6 Å². The number of alkyl halides is 3. The van der Waals surface area contributed by atoms with Gasteiger partial charge < -0.3 is 5.11 Å². The summed E-state index contributed by atoms with van der Waals surface area (Å²) in [6, 6.07) is 10.2. The van der Waals surface area contributed by atoms with E-state index in [4.69, 9.17) is 0 Å². The summed E-state index contributed by atoms with van der Waals surface area (Å²) >= 11 is 0. The van der Waals surface area contributed by atoms with E-state index in [2.05, 4.69) is 6.07 Å². The molecular weight excluding hydrogens is 351 g/mol. The van der Waals surface area contributed by atoms with Crippen LogP contribution in [0.3, 0.4) is 0 Å². The predicted molar refractivity (Wildman–Crippen MR) is 69.2 cm³/mol. The summed E-state index contributed by atoms with van der Waals surface area (Å²) in [6.45, 7) is 3.55. The van der Waals surface area contributed by atoms with Gasteiger partial charge in [0.1, 0.15) is 0 Å². The van der Waals surface area contributed by atoms with Crippen molar-refractivity contribution in [3.05, 3.63) is 58.7 Å². The molecule has 3 rings (SSSR count). The number of hydrogen-bond acceptors (Lipinski definition) is 1. The van der Waals surface area contributed by atoms with Crippen LogP contribution < -0.4 is 58.2 Å². The molecule has 2 aromatic carbocycles. The van der Waals surface area contributed by atoms with Crippen LogP contribution in [-0.2, 0) is 5.60 Å². The first-order valence-electron chi connectivity index (χ1n) is 6.20. The molecule has 0 heterocycles. The molecule has 0 fully saturated rings. The molecule has 1 N–H and O–H groups in total. The zero-order valence-corrected chi connectivity index (χ0v) is 16.9. The van der Waals surface area contributed by atoms with Crippen LogP contribution in [0.4, 0.5) is 13.2 Å². The van der Waals surface area contributed by atoms with E-state index >= 15 is 0 Å². The van der Waals surface area contributed by atoms with Crippen LogP contribution in [0.2, 0.25) is 0 Å². The quantitative estimate of drug-likeness (QED) is 0.690. The molecule has 0 amide bonds. The second-order valence-corrected chi connectivity index (χ2v) is 5.08. The molecule has 5 heteroatoms. The number of hydrogen-bond donors (Lipinski definition) is 1. The molecule has 21 heavy (non-hydrogen) atoms. The smallest absolute Gasteiger partial charge is 0.384 e. The van der Waals surface area contributed by atoms with Gasteiger partial charge in [0.25, 0.3) is 0 Å². The largest absolute Gasteiger partial charge is 1.00 e. The molecule has 0 spiro atoms. The minimum atomic E-state index is -4.77. The van der Waals surface area contributed by atoms with Crippen molar-refractivity contribution in [2.24, 2.45) is 0 Å². The number of halogens is 3. The van der Waals surface area contributed by atoms with E-state index in [0.29, 0.717) is 11.1 Å². The maximum Gasteiger partial charge on any atom is 1.00 e. The van der Waals surface area contributed by atoms with Crippen molar-refractivity contribution >= 4 is 0 Å². The number of aliphatic hydroxyl groups is 1. The molecular formula is C16H12F3ORb. The Labute approximate surface area is 170 Å². The van der Waals surface area contributed by atoms with Crippen molar-refractivity contribution in [1.82, 2.24) is 0 Å². The van der Waals surface area contributed by atoms with Gasteiger partial charge in [-0.1, -0.05) is 38.1 Å². The Hall–Kier alpha value is -0.00481. The summed E-state index contributed by atoms with van der Waals surface area (Å²) in [7, 11) is 0. The molecule has 1 aliphatic carbocycles. The van der Waals surface area contributed by atoms with Crippen molar-refractivity contribution in [3.63, 3.8) is 0 Å². The third-order valence-electron chi connectivity index (χ3n) is 4.03. The summed E-state index contributed by atoms with van der Waals surface area (Å²) in [4.78, 5) is 0. The molecule has 1 atom stereocenters. The van der Waals surface area contributed by atoms with Crippen molar-refractivity contribution < 1.29 is 76.5 Å². The van der Waals surface area contributed by atoms with Gasteiger partial charge in [-0.05, 0) is 11.1 Å². The third-order valence-corrected chi connectivity index (χ3v) is 4.03. The summed E-state index contributed by atoms with van der Waals surface area (Å²) in [5, 5.41) is 10.4. The van der Waals surface area contributed by atoms with Gasteiger partial charge in [-0.25, -0.2) is 0 Å². The topological polar surface area (TPSA) is 20.2 Å². The monoisotopic (exact) mass is 362 g/mol. The summed E-state index contributed by atoms with van der Waals surface area (Å²) in [5.74, 6) is 0. The fourth-order valence-electron chi connectivity index (χ4n) is 2.85. The van der Waals surface area contributed by atoms with E-state index in [1.165, 1.54) is 18.2 Å². The Morgan fingerprint density at radius 1 is 1.10 bits per heavy atom. The minimum Gasteiger partial charge on any atom is -0.384 e. The molecule has 2 aromatic rings. The standard InChI is InChI=1S/C16H12F3O.Rb/c1-9-7-8-13-14(10(9)2)11-5-3-4-6-12(11)15(13,20)16(17,18)19;/h3-6,8,20H,1-2H3;/q-1;+1. The molecule has 1 aliphatic rings. The first-order valence-corrected chi connectivity index (χ1v) is 6.20. The van der Waals surface area contributed by atoms with Gasteiger partial charge >= 0.3 is 64.4 Å². The van der Waals surface area contributed by atoms with E-state index in [-0.39, 0.29) is 69.3 Å². The van der Waals surface area contributed by atoms with Gasteiger partial charge in [0.2, 0.25) is 0 Å². The fraction of sp³-hybridized carbons (Fsp3) is 0.250. The zero-order valence-electron chi connectivity index (χ0n) is 12.0. The van der Waals surface area contributed by atoms with Gasteiger partial charge in [-0.15, -0.1) is 16.7 Å². The van der Waals surface area contributed by atoms with Gasteiger partial charge in [-0.2, -0.15) is 30.9 Å². The summed E-state index contributed by atoms with van der Waals surface area (Å²) < 4.78 is 40.4. The molecule has 0 aromatic heterocycles. The number of aryl methyl sites for hydroxylation is 1. The van der Waals surface area contributed by atoms with Crippen LogP contribution in [0.1, 0.15) is 22.3 Å². The average Bonchev–Trinajstić information content (AvgIpc) is 2.66. The minimum absolute atomic E-state index is 0. The van der Waals surface area contributed by atoms with E-state index in [1.807, 2.05) is 0 Å². The summed E-state index contributed by atoms with van der Waals surface area (Å²) in [5.41, 5.74) is -0.777. The number of fused-ring (bicyclic) bond motifs is 3. The van der Waals surface area contributed by atoms with Crippen molar-refractivity contribution in [1.29, 1.82) is 0 Å². The van der Waals surface area contributed by atoms with Crippen LogP contribution >= 0.6 is 0 Å². The maximum absolute atomic E-state index is 13.5. The molecule has 0 aliphatic heterocycles. The van der Waals surface area contributed by atoms with E-state index < -0.39 is 11.8 Å². The summed E-state index contributed by atoms with van der Waals surface area (Å²) in [6.07, 6.45) is -4.77. The Morgan fingerprint density at radius 2 is 1.71 bits per heavy atom. The molecule has 0 bridgehead atoms. The Bertz CT molecular complexity index is 709. The van der Waals surface area contributed by atoms with Gasteiger partial charge in [0.15, 0.2) is 5.60 Å². The Kier molecular flexibility index (Phi) is 4.60. The molecule has 0 radical (unpaired) electrons. The zero-order chi connectivity index (χ0) is 14.7. The van der Waals surface area contributed by atoms with Crippen molar-refractivity contribution in [2.75, 3.05) is 0 Å². The Morgan fingerprint density at radius 3 is 2.33 bits per heavy atom. The van der Waals surface area contributed by atoms with Crippen molar-refractivity contribution in [3.8, 4) is 11.1 Å². The van der Waals surface area contributed by atoms with Crippen LogP contribution in [0.15, 0.2) is 30.3 Å².